The molecule has 1 N–H and O–H groups in total. The highest BCUT2D eigenvalue weighted by molar-refractivity contribution is 9.10. The number of carbonyl (C=O) groups excluding carboxylic acids is 1. The van der Waals surface area contributed by atoms with Gasteiger partial charge in [0, 0.05) is 22.5 Å². The molecule has 0 radical (unpaired) electrons. The number of hydrogen-bond acceptors (Lipinski definition) is 6. The average Bonchev–Trinajstić information content (AvgIpc) is 2.74. The summed E-state index contributed by atoms with van der Waals surface area (Å²) in [5, 5.41) is 20.5. The van der Waals surface area contributed by atoms with Crippen molar-refractivity contribution in [1.82, 2.24) is 4.90 Å². The zero-order chi connectivity index (χ0) is 20.5. The molecule has 1 saturated heterocycles. The van der Waals surface area contributed by atoms with Gasteiger partial charge in [0.2, 0.25) is 5.91 Å². The molecule has 2 aliphatic heterocycles. The standard InChI is InChI=1S/C21H18BrN3O3S/c1-28-19-8-13(2-7-18(19)26)16-9-20(27)25-11-24(12-29-21(25)17(16)10-23)15-5-3-14(22)4-6-15/h2-8,16,26H,9,11-12H2,1H3/t16-/m0/s1. The van der Waals surface area contributed by atoms with Crippen LogP contribution in [0.25, 0.3) is 0 Å². The summed E-state index contributed by atoms with van der Waals surface area (Å²) in [7, 11) is 1.48. The number of carbonyl (C=O) groups is 1. The summed E-state index contributed by atoms with van der Waals surface area (Å²) in [5.41, 5.74) is 2.39. The first-order valence-electron chi connectivity index (χ1n) is 8.96. The number of allylic oxidation sites excluding steroid dienone is 1. The summed E-state index contributed by atoms with van der Waals surface area (Å²) < 4.78 is 6.19. The van der Waals surface area contributed by atoms with Gasteiger partial charge in [-0.25, -0.2) is 0 Å². The predicted octanol–water partition coefficient (Wildman–Crippen LogP) is 4.38. The second-order valence-corrected chi connectivity index (χ2v) is 8.62. The van der Waals surface area contributed by atoms with Crippen molar-refractivity contribution in [3.8, 4) is 17.6 Å². The number of amides is 1. The number of thioether (sulfide) groups is 1. The Morgan fingerprint density at radius 3 is 2.72 bits per heavy atom. The highest BCUT2D eigenvalue weighted by atomic mass is 79.9. The third-order valence-corrected chi connectivity index (χ3v) is 6.77. The van der Waals surface area contributed by atoms with E-state index in [1.165, 1.54) is 24.9 Å². The number of rotatable bonds is 3. The van der Waals surface area contributed by atoms with E-state index in [9.17, 15) is 15.2 Å². The van der Waals surface area contributed by atoms with Gasteiger partial charge in [0.25, 0.3) is 0 Å². The number of benzene rings is 2. The average molecular weight is 472 g/mol. The third kappa shape index (κ3) is 3.68. The number of halogens is 1. The second-order valence-electron chi connectivity index (χ2n) is 6.77. The van der Waals surface area contributed by atoms with Crippen LogP contribution in [0.1, 0.15) is 17.9 Å². The topological polar surface area (TPSA) is 76.8 Å². The van der Waals surface area contributed by atoms with Gasteiger partial charge in [-0.2, -0.15) is 5.26 Å². The number of phenolic OH excluding ortho intramolecular Hbond substituents is 1. The molecule has 1 atom stereocenters. The summed E-state index contributed by atoms with van der Waals surface area (Å²) >= 11 is 4.94. The normalized spacial score (nSPS) is 19.1. The van der Waals surface area contributed by atoms with Gasteiger partial charge in [0.15, 0.2) is 11.5 Å². The fourth-order valence-corrected chi connectivity index (χ4v) is 5.01. The van der Waals surface area contributed by atoms with E-state index in [1.807, 2.05) is 24.3 Å². The molecule has 6 nitrogen and oxygen atoms in total. The van der Waals surface area contributed by atoms with Crippen LogP contribution in [0.5, 0.6) is 11.5 Å². The fraction of sp³-hybridized carbons (Fsp3) is 0.238. The maximum absolute atomic E-state index is 13.0. The third-order valence-electron chi connectivity index (χ3n) is 5.09. The molecule has 2 aromatic carbocycles. The van der Waals surface area contributed by atoms with E-state index in [0.29, 0.717) is 28.9 Å². The van der Waals surface area contributed by atoms with Crippen LogP contribution >= 0.6 is 27.7 Å². The van der Waals surface area contributed by atoms with E-state index in [0.717, 1.165) is 15.7 Å². The SMILES string of the molecule is COc1cc([C@@H]2CC(=O)N3CN(c4ccc(Br)cc4)CSC3=C2C#N)ccc1O. The Morgan fingerprint density at radius 1 is 1.28 bits per heavy atom. The number of fused-ring (bicyclic) bond motifs is 1. The molecule has 1 fully saturated rings. The molecular weight excluding hydrogens is 454 g/mol. The van der Waals surface area contributed by atoms with Crippen molar-refractivity contribution < 1.29 is 14.6 Å². The molecule has 4 rings (SSSR count). The van der Waals surface area contributed by atoms with Gasteiger partial charge in [-0.15, -0.1) is 0 Å². The number of ether oxygens (including phenoxy) is 1. The molecule has 2 aromatic rings. The number of nitriles is 1. The minimum absolute atomic E-state index is 0.0228. The molecular formula is C21H18BrN3O3S. The molecule has 0 bridgehead atoms. The quantitative estimate of drug-likeness (QED) is 0.715. The van der Waals surface area contributed by atoms with E-state index in [2.05, 4.69) is 26.9 Å². The Balaban J connectivity index is 1.66. The zero-order valence-corrected chi connectivity index (χ0v) is 18.0. The molecule has 0 aromatic heterocycles. The lowest BCUT2D eigenvalue weighted by atomic mass is 9.86. The van der Waals surface area contributed by atoms with Crippen molar-refractivity contribution in [1.29, 1.82) is 5.26 Å². The molecule has 0 saturated carbocycles. The first-order valence-corrected chi connectivity index (χ1v) is 10.7. The summed E-state index contributed by atoms with van der Waals surface area (Å²) in [4.78, 5) is 16.8. The maximum atomic E-state index is 13.0. The van der Waals surface area contributed by atoms with Crippen LogP contribution in [0.2, 0.25) is 0 Å². The second kappa shape index (κ2) is 8.01. The maximum Gasteiger partial charge on any atom is 0.229 e. The van der Waals surface area contributed by atoms with Gasteiger partial charge in [-0.05, 0) is 42.0 Å². The lowest BCUT2D eigenvalue weighted by Gasteiger charge is -2.42. The Labute approximate surface area is 181 Å². The van der Waals surface area contributed by atoms with Crippen molar-refractivity contribution in [3.05, 3.63) is 63.1 Å². The number of methoxy groups -OCH3 is 1. The number of aromatic hydroxyl groups is 1. The van der Waals surface area contributed by atoms with Crippen molar-refractivity contribution in [2.24, 2.45) is 0 Å². The first-order chi connectivity index (χ1) is 14.0. The van der Waals surface area contributed by atoms with E-state index in [1.54, 1.807) is 17.0 Å². The molecule has 8 heteroatoms. The minimum atomic E-state index is -0.347. The Kier molecular flexibility index (Phi) is 5.43. The van der Waals surface area contributed by atoms with Crippen molar-refractivity contribution in [3.63, 3.8) is 0 Å². The van der Waals surface area contributed by atoms with Gasteiger partial charge in [-0.3, -0.25) is 9.69 Å². The molecule has 0 unspecified atom stereocenters. The van der Waals surface area contributed by atoms with Crippen molar-refractivity contribution in [2.75, 3.05) is 24.6 Å². The first kappa shape index (κ1) is 19.7. The molecule has 2 aliphatic rings. The Bertz CT molecular complexity index is 1030. The van der Waals surface area contributed by atoms with Gasteiger partial charge < -0.3 is 14.7 Å². The summed E-state index contributed by atoms with van der Waals surface area (Å²) in [6.07, 6.45) is 0.203. The number of hydrogen-bond donors (Lipinski definition) is 1. The molecule has 0 spiro atoms. The molecule has 29 heavy (non-hydrogen) atoms. The van der Waals surface area contributed by atoms with Gasteiger partial charge in [-0.1, -0.05) is 33.8 Å². The molecule has 2 heterocycles. The van der Waals surface area contributed by atoms with Gasteiger partial charge in [0.1, 0.15) is 0 Å². The summed E-state index contributed by atoms with van der Waals surface area (Å²) in [6, 6.07) is 15.2. The molecule has 0 aliphatic carbocycles. The smallest absolute Gasteiger partial charge is 0.229 e. The zero-order valence-electron chi connectivity index (χ0n) is 15.6. The molecule has 148 valence electrons. The Morgan fingerprint density at radius 2 is 2.03 bits per heavy atom. The van der Waals surface area contributed by atoms with E-state index in [4.69, 9.17) is 4.74 Å². The highest BCUT2D eigenvalue weighted by Gasteiger charge is 2.38. The van der Waals surface area contributed by atoms with Gasteiger partial charge >= 0.3 is 0 Å². The van der Waals surface area contributed by atoms with Crippen molar-refractivity contribution >= 4 is 39.3 Å². The lowest BCUT2D eigenvalue weighted by molar-refractivity contribution is -0.129. The summed E-state index contributed by atoms with van der Waals surface area (Å²) in [5.74, 6) is 0.642. The van der Waals surface area contributed by atoms with Gasteiger partial charge in [0.05, 0.1) is 36.3 Å². The van der Waals surface area contributed by atoms with Crippen LogP contribution < -0.4 is 9.64 Å². The Hall–Kier alpha value is -2.63. The van der Waals surface area contributed by atoms with E-state index < -0.39 is 0 Å². The van der Waals surface area contributed by atoms with Crippen LogP contribution in [0.3, 0.4) is 0 Å². The van der Waals surface area contributed by atoms with Crippen LogP contribution in [0.15, 0.2) is 57.5 Å². The van der Waals surface area contributed by atoms with Crippen LogP contribution in [0.4, 0.5) is 5.69 Å². The van der Waals surface area contributed by atoms with Crippen LogP contribution in [-0.2, 0) is 4.79 Å². The minimum Gasteiger partial charge on any atom is -0.504 e. The monoisotopic (exact) mass is 471 g/mol. The number of anilines is 1. The molecule has 1 amide bonds. The summed E-state index contributed by atoms with van der Waals surface area (Å²) in [6.45, 7) is 0.416. The predicted molar refractivity (Wildman–Crippen MR) is 115 cm³/mol. The van der Waals surface area contributed by atoms with Crippen LogP contribution in [0, 0.1) is 11.3 Å². The number of nitrogens with zero attached hydrogens (tertiary/aromatic N) is 3. The van der Waals surface area contributed by atoms with Crippen molar-refractivity contribution in [2.45, 2.75) is 12.3 Å². The number of phenols is 1. The van der Waals surface area contributed by atoms with E-state index >= 15 is 0 Å². The van der Waals surface area contributed by atoms with Crippen LogP contribution in [-0.4, -0.2) is 35.6 Å². The fourth-order valence-electron chi connectivity index (χ4n) is 3.57. The highest BCUT2D eigenvalue weighted by Crippen LogP contribution is 2.44. The lowest BCUT2D eigenvalue weighted by Crippen LogP contribution is -2.47. The largest absolute Gasteiger partial charge is 0.504 e. The van der Waals surface area contributed by atoms with E-state index in [-0.39, 0.29) is 24.0 Å².